The van der Waals surface area contributed by atoms with E-state index in [-0.39, 0.29) is 5.91 Å². The maximum absolute atomic E-state index is 12.0. The van der Waals surface area contributed by atoms with Crippen molar-refractivity contribution in [3.63, 3.8) is 0 Å². The number of carbonyl (C=O) groups excluding carboxylic acids is 1. The van der Waals surface area contributed by atoms with Crippen LogP contribution < -0.4 is 11.1 Å². The van der Waals surface area contributed by atoms with E-state index in [1.54, 1.807) is 12.1 Å². The van der Waals surface area contributed by atoms with E-state index in [9.17, 15) is 4.79 Å². The second kappa shape index (κ2) is 6.73. The number of nitrogen functional groups attached to an aromatic ring is 1. The molecule has 0 atom stereocenters. The second-order valence-electron chi connectivity index (χ2n) is 4.62. The molecule has 0 saturated carbocycles. The zero-order valence-electron chi connectivity index (χ0n) is 10.4. The minimum atomic E-state index is -0.151. The van der Waals surface area contributed by atoms with E-state index in [2.05, 4.69) is 5.32 Å². The average Bonchev–Trinajstić information content (AvgIpc) is 2.42. The zero-order chi connectivity index (χ0) is 13.8. The van der Waals surface area contributed by atoms with Crippen molar-refractivity contribution in [1.29, 1.82) is 0 Å². The molecule has 1 fully saturated rings. The lowest BCUT2D eigenvalue weighted by Crippen LogP contribution is -2.31. The van der Waals surface area contributed by atoms with E-state index in [1.807, 2.05) is 11.8 Å². The van der Waals surface area contributed by atoms with Crippen molar-refractivity contribution in [3.05, 3.63) is 27.7 Å². The number of hydrogen-bond acceptors (Lipinski definition) is 3. The number of anilines is 1. The normalized spacial score (nSPS) is 16.3. The Kier molecular flexibility index (Phi) is 5.25. The van der Waals surface area contributed by atoms with Crippen molar-refractivity contribution in [1.82, 2.24) is 5.32 Å². The van der Waals surface area contributed by atoms with Crippen LogP contribution in [0.3, 0.4) is 0 Å². The van der Waals surface area contributed by atoms with Gasteiger partial charge in [-0.1, -0.05) is 23.2 Å². The Balaban J connectivity index is 1.96. The third kappa shape index (κ3) is 3.94. The molecule has 104 valence electrons. The summed E-state index contributed by atoms with van der Waals surface area (Å²) in [6.07, 6.45) is 2.32. The number of nitrogens with two attached hydrogens (primary N) is 1. The van der Waals surface area contributed by atoms with Gasteiger partial charge in [0, 0.05) is 12.1 Å². The quantitative estimate of drug-likeness (QED) is 0.839. The molecule has 0 unspecified atom stereocenters. The van der Waals surface area contributed by atoms with Gasteiger partial charge in [-0.2, -0.15) is 11.8 Å². The molecular weight excluding hydrogens is 303 g/mol. The summed E-state index contributed by atoms with van der Waals surface area (Å²) in [6, 6.07) is 3.10. The molecule has 0 bridgehead atoms. The largest absolute Gasteiger partial charge is 0.396 e. The summed E-state index contributed by atoms with van der Waals surface area (Å²) in [6.45, 7) is 0.707. The van der Waals surface area contributed by atoms with E-state index in [0.717, 1.165) is 12.8 Å². The molecule has 1 aliphatic heterocycles. The summed E-state index contributed by atoms with van der Waals surface area (Å²) in [5.74, 6) is 2.78. The predicted octanol–water partition coefficient (Wildman–Crippen LogP) is 3.45. The van der Waals surface area contributed by atoms with Crippen molar-refractivity contribution in [3.8, 4) is 0 Å². The van der Waals surface area contributed by atoms with Gasteiger partial charge in [-0.15, -0.1) is 0 Å². The second-order valence-corrected chi connectivity index (χ2v) is 6.66. The molecule has 1 aliphatic rings. The lowest BCUT2D eigenvalue weighted by atomic mass is 10.0. The van der Waals surface area contributed by atoms with Crippen LogP contribution in [0.25, 0.3) is 0 Å². The van der Waals surface area contributed by atoms with Gasteiger partial charge in [0.1, 0.15) is 0 Å². The fourth-order valence-corrected chi connectivity index (χ4v) is 3.70. The molecule has 1 saturated heterocycles. The van der Waals surface area contributed by atoms with Gasteiger partial charge in [0.25, 0.3) is 5.91 Å². The third-order valence-corrected chi connectivity index (χ3v) is 4.91. The highest BCUT2D eigenvalue weighted by Gasteiger charge is 2.16. The van der Waals surface area contributed by atoms with E-state index in [1.165, 1.54) is 11.5 Å². The van der Waals surface area contributed by atoms with Crippen LogP contribution in [0.1, 0.15) is 23.2 Å². The van der Waals surface area contributed by atoms with Crippen molar-refractivity contribution < 1.29 is 4.79 Å². The predicted molar refractivity (Wildman–Crippen MR) is 83.3 cm³/mol. The van der Waals surface area contributed by atoms with Gasteiger partial charge in [-0.25, -0.2) is 0 Å². The highest BCUT2D eigenvalue weighted by Crippen LogP contribution is 2.29. The van der Waals surface area contributed by atoms with E-state index in [4.69, 9.17) is 28.9 Å². The molecule has 0 aliphatic carbocycles. The van der Waals surface area contributed by atoms with Crippen LogP contribution in [-0.4, -0.2) is 24.0 Å². The topological polar surface area (TPSA) is 55.1 Å². The number of halogens is 2. The van der Waals surface area contributed by atoms with Gasteiger partial charge in [0.2, 0.25) is 0 Å². The maximum atomic E-state index is 12.0. The van der Waals surface area contributed by atoms with Crippen molar-refractivity contribution in [2.45, 2.75) is 12.8 Å². The summed E-state index contributed by atoms with van der Waals surface area (Å²) >= 11 is 13.8. The van der Waals surface area contributed by atoms with Gasteiger partial charge in [-0.05, 0) is 42.4 Å². The minimum absolute atomic E-state index is 0.151. The first-order chi connectivity index (χ1) is 9.08. The average molecular weight is 319 g/mol. The number of nitrogens with one attached hydrogen (secondary N) is 1. The molecule has 3 N–H and O–H groups in total. The standard InChI is InChI=1S/C13H16Cl2N2OS/c14-10-5-9(6-11(15)12(10)16)13(18)17-7-8-1-3-19-4-2-8/h5-6,8H,1-4,7,16H2,(H,17,18). The molecule has 1 amide bonds. The highest BCUT2D eigenvalue weighted by molar-refractivity contribution is 7.99. The summed E-state index contributed by atoms with van der Waals surface area (Å²) in [4.78, 5) is 12.0. The van der Waals surface area contributed by atoms with Crippen molar-refractivity contribution in [2.24, 2.45) is 5.92 Å². The zero-order valence-corrected chi connectivity index (χ0v) is 12.7. The number of benzene rings is 1. The molecule has 1 heterocycles. The Labute approximate surface area is 127 Å². The van der Waals surface area contributed by atoms with Gasteiger partial charge < -0.3 is 11.1 Å². The molecule has 2 rings (SSSR count). The van der Waals surface area contributed by atoms with Crippen LogP contribution in [0.2, 0.25) is 10.0 Å². The lowest BCUT2D eigenvalue weighted by molar-refractivity contribution is 0.0946. The van der Waals surface area contributed by atoms with Crippen LogP contribution in [0.15, 0.2) is 12.1 Å². The Morgan fingerprint density at radius 2 is 1.89 bits per heavy atom. The monoisotopic (exact) mass is 318 g/mol. The smallest absolute Gasteiger partial charge is 0.251 e. The number of carbonyl (C=O) groups is 1. The van der Waals surface area contributed by atoms with Crippen LogP contribution in [0.5, 0.6) is 0 Å². The van der Waals surface area contributed by atoms with Crippen LogP contribution in [0.4, 0.5) is 5.69 Å². The van der Waals surface area contributed by atoms with Crippen molar-refractivity contribution >= 4 is 46.6 Å². The van der Waals surface area contributed by atoms with E-state index < -0.39 is 0 Å². The van der Waals surface area contributed by atoms with E-state index in [0.29, 0.717) is 33.8 Å². The van der Waals surface area contributed by atoms with E-state index >= 15 is 0 Å². The van der Waals surface area contributed by atoms with Crippen LogP contribution >= 0.6 is 35.0 Å². The molecule has 1 aromatic rings. The molecular formula is C13H16Cl2N2OS. The number of thioether (sulfide) groups is 1. The maximum Gasteiger partial charge on any atom is 0.251 e. The molecule has 3 nitrogen and oxygen atoms in total. The van der Waals surface area contributed by atoms with Gasteiger partial charge in [0.15, 0.2) is 0 Å². The Bertz CT molecular complexity index is 453. The first-order valence-corrected chi connectivity index (χ1v) is 8.09. The SMILES string of the molecule is Nc1c(Cl)cc(C(=O)NCC2CCSCC2)cc1Cl. The molecule has 1 aromatic carbocycles. The van der Waals surface area contributed by atoms with Crippen LogP contribution in [-0.2, 0) is 0 Å². The number of hydrogen-bond donors (Lipinski definition) is 2. The first kappa shape index (κ1) is 14.8. The van der Waals surface area contributed by atoms with Gasteiger partial charge >= 0.3 is 0 Å². The fourth-order valence-electron chi connectivity index (χ4n) is 2.01. The Morgan fingerprint density at radius 1 is 1.32 bits per heavy atom. The van der Waals surface area contributed by atoms with Gasteiger partial charge in [-0.3, -0.25) is 4.79 Å². The van der Waals surface area contributed by atoms with Crippen molar-refractivity contribution in [2.75, 3.05) is 23.8 Å². The summed E-state index contributed by atoms with van der Waals surface area (Å²) in [5.41, 5.74) is 6.41. The molecule has 0 aromatic heterocycles. The number of rotatable bonds is 3. The summed E-state index contributed by atoms with van der Waals surface area (Å²) in [5, 5.41) is 3.56. The Hall–Kier alpha value is -0.580. The fraction of sp³-hybridized carbons (Fsp3) is 0.462. The lowest BCUT2D eigenvalue weighted by Gasteiger charge is -2.21. The summed E-state index contributed by atoms with van der Waals surface area (Å²) < 4.78 is 0. The van der Waals surface area contributed by atoms with Gasteiger partial charge in [0.05, 0.1) is 15.7 Å². The first-order valence-electron chi connectivity index (χ1n) is 6.18. The molecule has 0 spiro atoms. The minimum Gasteiger partial charge on any atom is -0.396 e. The molecule has 19 heavy (non-hydrogen) atoms. The van der Waals surface area contributed by atoms with Crippen LogP contribution in [0, 0.1) is 5.92 Å². The highest BCUT2D eigenvalue weighted by atomic mass is 35.5. The number of amides is 1. The summed E-state index contributed by atoms with van der Waals surface area (Å²) in [7, 11) is 0. The Morgan fingerprint density at radius 3 is 2.47 bits per heavy atom. The molecule has 6 heteroatoms. The third-order valence-electron chi connectivity index (χ3n) is 3.23. The molecule has 0 radical (unpaired) electrons.